The summed E-state index contributed by atoms with van der Waals surface area (Å²) in [6, 6.07) is 8.88. The highest BCUT2D eigenvalue weighted by atomic mass is 32.2. The van der Waals surface area contributed by atoms with Crippen LogP contribution in [-0.4, -0.2) is 70.9 Å². The summed E-state index contributed by atoms with van der Waals surface area (Å²) in [6.07, 6.45) is 0.447. The second-order valence-corrected chi connectivity index (χ2v) is 8.45. The average Bonchev–Trinajstić information content (AvgIpc) is 3.06. The van der Waals surface area contributed by atoms with Crippen molar-refractivity contribution in [1.82, 2.24) is 14.7 Å². The van der Waals surface area contributed by atoms with Crippen LogP contribution in [0, 0.1) is 0 Å². The van der Waals surface area contributed by atoms with Gasteiger partial charge in [-0.05, 0) is 17.0 Å². The van der Waals surface area contributed by atoms with Gasteiger partial charge in [-0.15, -0.1) is 0 Å². The molecule has 0 unspecified atom stereocenters. The first-order valence-electron chi connectivity index (χ1n) is 9.53. The number of carbonyl (C=O) groups is 2. The standard InChI is InChI=1S/C20H29N3O2S/c1-16(2)18-5-3-17(4-6-18)15-21-9-11-22(12-10-21)19(24)7-8-23-13-14-26-20(23)25/h3-6,16H,7-15H2,1-2H3. The summed E-state index contributed by atoms with van der Waals surface area (Å²) < 4.78 is 0. The Hall–Kier alpha value is -1.53. The van der Waals surface area contributed by atoms with Crippen LogP contribution in [0.4, 0.5) is 4.79 Å². The molecule has 0 radical (unpaired) electrons. The lowest BCUT2D eigenvalue weighted by atomic mass is 10.0. The number of thioether (sulfide) groups is 1. The van der Waals surface area contributed by atoms with Crippen LogP contribution in [0.25, 0.3) is 0 Å². The molecule has 2 amide bonds. The Morgan fingerprint density at radius 2 is 1.77 bits per heavy atom. The number of rotatable bonds is 6. The topological polar surface area (TPSA) is 43.9 Å². The van der Waals surface area contributed by atoms with E-state index in [9.17, 15) is 9.59 Å². The van der Waals surface area contributed by atoms with Crippen LogP contribution < -0.4 is 0 Å². The molecule has 0 saturated carbocycles. The zero-order valence-electron chi connectivity index (χ0n) is 15.8. The van der Waals surface area contributed by atoms with Crippen LogP contribution in [0.1, 0.15) is 37.3 Å². The molecule has 142 valence electrons. The van der Waals surface area contributed by atoms with Gasteiger partial charge in [0.25, 0.3) is 5.24 Å². The van der Waals surface area contributed by atoms with E-state index in [1.165, 1.54) is 22.9 Å². The molecule has 6 heteroatoms. The predicted octanol–water partition coefficient (Wildman–Crippen LogP) is 3.01. The molecule has 2 aliphatic rings. The van der Waals surface area contributed by atoms with Crippen molar-refractivity contribution in [2.45, 2.75) is 32.7 Å². The van der Waals surface area contributed by atoms with Crippen molar-refractivity contribution in [3.05, 3.63) is 35.4 Å². The summed E-state index contributed by atoms with van der Waals surface area (Å²) >= 11 is 1.35. The molecule has 5 nitrogen and oxygen atoms in total. The maximum absolute atomic E-state index is 12.4. The smallest absolute Gasteiger partial charge is 0.281 e. The second-order valence-electron chi connectivity index (χ2n) is 7.40. The van der Waals surface area contributed by atoms with E-state index in [0.717, 1.165) is 45.0 Å². The molecule has 0 atom stereocenters. The first kappa shape index (κ1) is 19.2. The summed E-state index contributed by atoms with van der Waals surface area (Å²) in [7, 11) is 0. The zero-order chi connectivity index (χ0) is 18.5. The van der Waals surface area contributed by atoms with Gasteiger partial charge < -0.3 is 9.80 Å². The quantitative estimate of drug-likeness (QED) is 0.767. The molecule has 1 aromatic carbocycles. The number of nitrogens with zero attached hydrogens (tertiary/aromatic N) is 3. The molecule has 2 aliphatic heterocycles. The molecule has 2 fully saturated rings. The molecule has 2 saturated heterocycles. The van der Waals surface area contributed by atoms with E-state index >= 15 is 0 Å². The first-order valence-corrected chi connectivity index (χ1v) is 10.5. The lowest BCUT2D eigenvalue weighted by molar-refractivity contribution is -0.133. The minimum absolute atomic E-state index is 0.117. The number of piperazine rings is 1. The monoisotopic (exact) mass is 375 g/mol. The van der Waals surface area contributed by atoms with Crippen molar-refractivity contribution in [2.75, 3.05) is 45.0 Å². The van der Waals surface area contributed by atoms with Crippen molar-refractivity contribution in [2.24, 2.45) is 0 Å². The largest absolute Gasteiger partial charge is 0.340 e. The average molecular weight is 376 g/mol. The van der Waals surface area contributed by atoms with E-state index in [0.29, 0.717) is 18.9 Å². The van der Waals surface area contributed by atoms with Gasteiger partial charge in [0.2, 0.25) is 5.91 Å². The number of hydrogen-bond acceptors (Lipinski definition) is 4. The van der Waals surface area contributed by atoms with Crippen molar-refractivity contribution >= 4 is 22.9 Å². The van der Waals surface area contributed by atoms with Gasteiger partial charge in [0.1, 0.15) is 0 Å². The predicted molar refractivity (Wildman–Crippen MR) is 106 cm³/mol. The second kappa shape index (κ2) is 8.91. The molecule has 26 heavy (non-hydrogen) atoms. The Morgan fingerprint density at radius 3 is 2.35 bits per heavy atom. The van der Waals surface area contributed by atoms with E-state index in [2.05, 4.69) is 43.0 Å². The number of hydrogen-bond donors (Lipinski definition) is 0. The molecule has 2 heterocycles. The van der Waals surface area contributed by atoms with Crippen molar-refractivity contribution in [3.8, 4) is 0 Å². The zero-order valence-corrected chi connectivity index (χ0v) is 16.6. The lowest BCUT2D eigenvalue weighted by Gasteiger charge is -2.35. The first-order chi connectivity index (χ1) is 12.5. The third-order valence-electron chi connectivity index (χ3n) is 5.22. The molecule has 0 N–H and O–H groups in total. The molecular weight excluding hydrogens is 346 g/mol. The van der Waals surface area contributed by atoms with Gasteiger partial charge in [0, 0.05) is 58.0 Å². The van der Waals surface area contributed by atoms with Gasteiger partial charge in [0.05, 0.1) is 0 Å². The summed E-state index contributed by atoms with van der Waals surface area (Å²) in [5, 5.41) is 0.117. The fraction of sp³-hybridized carbons (Fsp3) is 0.600. The van der Waals surface area contributed by atoms with Gasteiger partial charge in [-0.25, -0.2) is 0 Å². The van der Waals surface area contributed by atoms with Crippen molar-refractivity contribution in [1.29, 1.82) is 0 Å². The third kappa shape index (κ3) is 5.01. The van der Waals surface area contributed by atoms with E-state index in [-0.39, 0.29) is 11.1 Å². The molecule has 3 rings (SSSR count). The highest BCUT2D eigenvalue weighted by Gasteiger charge is 2.24. The van der Waals surface area contributed by atoms with Gasteiger partial charge in [-0.2, -0.15) is 0 Å². The third-order valence-corrected chi connectivity index (χ3v) is 6.11. The fourth-order valence-electron chi connectivity index (χ4n) is 3.44. The van der Waals surface area contributed by atoms with E-state index < -0.39 is 0 Å². The Labute approximate surface area is 160 Å². The normalized spacial score (nSPS) is 18.8. The lowest BCUT2D eigenvalue weighted by Crippen LogP contribution is -2.48. The molecule has 0 bridgehead atoms. The van der Waals surface area contributed by atoms with E-state index in [4.69, 9.17) is 0 Å². The maximum atomic E-state index is 12.4. The Morgan fingerprint density at radius 1 is 1.08 bits per heavy atom. The molecule has 1 aromatic rings. The van der Waals surface area contributed by atoms with E-state index in [1.54, 1.807) is 4.90 Å². The van der Waals surface area contributed by atoms with Crippen molar-refractivity contribution in [3.63, 3.8) is 0 Å². The van der Waals surface area contributed by atoms with Gasteiger partial charge >= 0.3 is 0 Å². The summed E-state index contributed by atoms with van der Waals surface area (Å²) in [5.74, 6) is 1.59. The van der Waals surface area contributed by atoms with Crippen LogP contribution in [0.3, 0.4) is 0 Å². The SMILES string of the molecule is CC(C)c1ccc(CN2CCN(C(=O)CCN3CCSC3=O)CC2)cc1. The number of benzene rings is 1. The molecule has 0 aliphatic carbocycles. The van der Waals surface area contributed by atoms with E-state index in [1.807, 2.05) is 4.90 Å². The Bertz CT molecular complexity index is 624. The molecule has 0 spiro atoms. The van der Waals surface area contributed by atoms with Crippen LogP contribution in [0.5, 0.6) is 0 Å². The number of carbonyl (C=O) groups excluding carboxylic acids is 2. The highest BCUT2D eigenvalue weighted by molar-refractivity contribution is 8.13. The maximum Gasteiger partial charge on any atom is 0.281 e. The summed E-state index contributed by atoms with van der Waals surface area (Å²) in [4.78, 5) is 30.1. The van der Waals surface area contributed by atoms with Crippen LogP contribution in [-0.2, 0) is 11.3 Å². The minimum Gasteiger partial charge on any atom is -0.340 e. The molecule has 0 aromatic heterocycles. The fourth-order valence-corrected chi connectivity index (χ4v) is 4.29. The van der Waals surface area contributed by atoms with Gasteiger partial charge in [-0.1, -0.05) is 49.9 Å². The Balaban J connectivity index is 1.40. The van der Waals surface area contributed by atoms with Crippen LogP contribution in [0.2, 0.25) is 0 Å². The van der Waals surface area contributed by atoms with Gasteiger partial charge in [-0.3, -0.25) is 14.5 Å². The van der Waals surface area contributed by atoms with Crippen molar-refractivity contribution < 1.29 is 9.59 Å². The van der Waals surface area contributed by atoms with Crippen LogP contribution in [0.15, 0.2) is 24.3 Å². The Kier molecular flexibility index (Phi) is 6.59. The van der Waals surface area contributed by atoms with Crippen LogP contribution >= 0.6 is 11.8 Å². The summed E-state index contributed by atoms with van der Waals surface area (Å²) in [6.45, 7) is 10.1. The van der Waals surface area contributed by atoms with Gasteiger partial charge in [0.15, 0.2) is 0 Å². The minimum atomic E-state index is 0.117. The number of amides is 2. The summed E-state index contributed by atoms with van der Waals surface area (Å²) in [5.41, 5.74) is 2.71. The molecular formula is C20H29N3O2S. The highest BCUT2D eigenvalue weighted by Crippen LogP contribution is 2.18.